The minimum atomic E-state index is -0.201. The summed E-state index contributed by atoms with van der Waals surface area (Å²) in [6.07, 6.45) is 3.39. The number of carbonyl (C=O) groups excluding carboxylic acids is 1. The molecule has 1 aromatic carbocycles. The molecule has 2 fully saturated rings. The molecular formula is C25H25N5O2S2. The molecule has 0 radical (unpaired) electrons. The van der Waals surface area contributed by atoms with Gasteiger partial charge in [-0.25, -0.2) is 4.98 Å². The maximum absolute atomic E-state index is 13.5. The highest BCUT2D eigenvalue weighted by molar-refractivity contribution is 8.26. The van der Waals surface area contributed by atoms with Gasteiger partial charge in [-0.3, -0.25) is 18.9 Å². The van der Waals surface area contributed by atoms with Crippen LogP contribution in [0.15, 0.2) is 64.4 Å². The summed E-state index contributed by atoms with van der Waals surface area (Å²) in [5.74, 6) is 0.430. The van der Waals surface area contributed by atoms with E-state index in [1.54, 1.807) is 23.2 Å². The Morgan fingerprint density at radius 3 is 2.47 bits per heavy atom. The number of piperazine rings is 1. The highest BCUT2D eigenvalue weighted by atomic mass is 32.2. The van der Waals surface area contributed by atoms with Gasteiger partial charge < -0.3 is 9.80 Å². The molecule has 174 valence electrons. The third-order valence-electron chi connectivity index (χ3n) is 6.32. The van der Waals surface area contributed by atoms with Crippen molar-refractivity contribution in [2.75, 3.05) is 38.1 Å². The number of amides is 1. The molecule has 0 aliphatic carbocycles. The highest BCUT2D eigenvalue weighted by Gasteiger charge is 2.36. The van der Waals surface area contributed by atoms with Crippen molar-refractivity contribution in [3.8, 4) is 0 Å². The molecular weight excluding hydrogens is 466 g/mol. The molecule has 34 heavy (non-hydrogen) atoms. The Morgan fingerprint density at radius 2 is 1.74 bits per heavy atom. The molecule has 0 saturated carbocycles. The van der Waals surface area contributed by atoms with Gasteiger partial charge in [-0.2, -0.15) is 0 Å². The molecule has 0 spiro atoms. The number of thiocarbonyl (C=S) groups is 1. The number of thioether (sulfide) groups is 1. The van der Waals surface area contributed by atoms with E-state index in [1.165, 1.54) is 16.2 Å². The maximum atomic E-state index is 13.5. The molecule has 2 aliphatic rings. The largest absolute Gasteiger partial charge is 0.353 e. The summed E-state index contributed by atoms with van der Waals surface area (Å²) in [5.41, 5.74) is 1.82. The average molecular weight is 492 g/mol. The third-order valence-corrected chi connectivity index (χ3v) is 7.65. The number of rotatable bonds is 4. The van der Waals surface area contributed by atoms with E-state index in [1.807, 2.05) is 49.4 Å². The van der Waals surface area contributed by atoms with Gasteiger partial charge in [0.15, 0.2) is 0 Å². The number of benzene rings is 1. The SMILES string of the molecule is C[C@@H](c1ccccc1)N1C(=O)/C(=C/c2c(N3CCN(C)CC3)nc3ccccn3c2=O)SC1=S. The van der Waals surface area contributed by atoms with Gasteiger partial charge in [0.2, 0.25) is 0 Å². The van der Waals surface area contributed by atoms with Gasteiger partial charge in [0.05, 0.1) is 16.5 Å². The Bertz CT molecular complexity index is 1350. The van der Waals surface area contributed by atoms with Crippen LogP contribution in [0, 0.1) is 0 Å². The minimum Gasteiger partial charge on any atom is -0.353 e. The van der Waals surface area contributed by atoms with Crippen molar-refractivity contribution in [1.29, 1.82) is 0 Å². The number of anilines is 1. The van der Waals surface area contributed by atoms with Gasteiger partial charge in [-0.1, -0.05) is 60.4 Å². The van der Waals surface area contributed by atoms with Gasteiger partial charge in [-0.15, -0.1) is 0 Å². The van der Waals surface area contributed by atoms with Crippen LogP contribution in [0.5, 0.6) is 0 Å². The smallest absolute Gasteiger partial charge is 0.267 e. The predicted molar refractivity (Wildman–Crippen MR) is 141 cm³/mol. The van der Waals surface area contributed by atoms with Crippen molar-refractivity contribution in [2.45, 2.75) is 13.0 Å². The van der Waals surface area contributed by atoms with Crippen molar-refractivity contribution >= 4 is 51.7 Å². The summed E-state index contributed by atoms with van der Waals surface area (Å²) in [6, 6.07) is 15.1. The van der Waals surface area contributed by atoms with E-state index < -0.39 is 0 Å². The average Bonchev–Trinajstić information content (AvgIpc) is 3.14. The number of fused-ring (bicyclic) bond motifs is 1. The molecule has 2 aromatic heterocycles. The molecule has 2 saturated heterocycles. The van der Waals surface area contributed by atoms with E-state index in [2.05, 4.69) is 16.8 Å². The first-order valence-corrected chi connectivity index (χ1v) is 12.4. The second-order valence-corrected chi connectivity index (χ2v) is 10.2. The van der Waals surface area contributed by atoms with Crippen molar-refractivity contribution in [3.63, 3.8) is 0 Å². The Morgan fingerprint density at radius 1 is 1.03 bits per heavy atom. The zero-order chi connectivity index (χ0) is 23.8. The van der Waals surface area contributed by atoms with E-state index in [0.717, 1.165) is 31.7 Å². The van der Waals surface area contributed by atoms with Crippen LogP contribution in [-0.2, 0) is 4.79 Å². The molecule has 0 N–H and O–H groups in total. The molecule has 4 heterocycles. The van der Waals surface area contributed by atoms with E-state index in [-0.39, 0.29) is 17.5 Å². The Labute approximate surface area is 207 Å². The molecule has 0 unspecified atom stereocenters. The molecule has 5 rings (SSSR count). The van der Waals surface area contributed by atoms with Gasteiger partial charge in [0, 0.05) is 32.4 Å². The molecule has 2 aliphatic heterocycles. The van der Waals surface area contributed by atoms with Crippen molar-refractivity contribution < 1.29 is 4.79 Å². The quantitative estimate of drug-likeness (QED) is 0.409. The standard InChI is InChI=1S/C25H25N5O2S2/c1-17(18-8-4-3-5-9-18)30-24(32)20(34-25(30)33)16-19-22(28-14-12-27(2)13-15-28)26-21-10-6-7-11-29(21)23(19)31/h3-11,16-17H,12-15H2,1-2H3/b20-16-/t17-/m0/s1. The lowest BCUT2D eigenvalue weighted by Gasteiger charge is -2.34. The number of pyridine rings is 1. The first-order valence-electron chi connectivity index (χ1n) is 11.2. The molecule has 7 nitrogen and oxygen atoms in total. The van der Waals surface area contributed by atoms with E-state index >= 15 is 0 Å². The summed E-state index contributed by atoms with van der Waals surface area (Å²) in [5, 5.41) is 0. The van der Waals surface area contributed by atoms with Crippen LogP contribution in [0.4, 0.5) is 5.82 Å². The van der Waals surface area contributed by atoms with Crippen LogP contribution in [0.2, 0.25) is 0 Å². The predicted octanol–water partition coefficient (Wildman–Crippen LogP) is 3.41. The molecule has 9 heteroatoms. The van der Waals surface area contributed by atoms with Gasteiger partial charge in [-0.05, 0) is 37.7 Å². The van der Waals surface area contributed by atoms with E-state index in [4.69, 9.17) is 17.2 Å². The fourth-order valence-electron chi connectivity index (χ4n) is 4.30. The summed E-state index contributed by atoms with van der Waals surface area (Å²) in [7, 11) is 2.08. The van der Waals surface area contributed by atoms with Gasteiger partial charge >= 0.3 is 0 Å². The number of nitrogens with zero attached hydrogens (tertiary/aromatic N) is 5. The Kier molecular flexibility index (Phi) is 6.24. The zero-order valence-corrected chi connectivity index (χ0v) is 20.7. The van der Waals surface area contributed by atoms with Crippen molar-refractivity contribution in [1.82, 2.24) is 19.2 Å². The number of hydrogen-bond acceptors (Lipinski definition) is 7. The summed E-state index contributed by atoms with van der Waals surface area (Å²) in [4.78, 5) is 38.3. The number of hydrogen-bond donors (Lipinski definition) is 0. The monoisotopic (exact) mass is 491 g/mol. The fourth-order valence-corrected chi connectivity index (χ4v) is 5.70. The van der Waals surface area contributed by atoms with Crippen LogP contribution < -0.4 is 10.5 Å². The number of likely N-dealkylation sites (N-methyl/N-ethyl adjacent to an activating group) is 1. The second kappa shape index (κ2) is 9.32. The number of carbonyl (C=O) groups is 1. The zero-order valence-electron chi connectivity index (χ0n) is 19.0. The summed E-state index contributed by atoms with van der Waals surface area (Å²) < 4.78 is 2.02. The normalized spacial score (nSPS) is 19.4. The number of aromatic nitrogens is 2. The van der Waals surface area contributed by atoms with Crippen LogP contribution in [0.3, 0.4) is 0 Å². The second-order valence-electron chi connectivity index (χ2n) is 8.51. The Hall–Kier alpha value is -3.01. The molecule has 1 atom stereocenters. The van der Waals surface area contributed by atoms with Crippen molar-refractivity contribution in [2.24, 2.45) is 0 Å². The lowest BCUT2D eigenvalue weighted by molar-refractivity contribution is -0.123. The van der Waals surface area contributed by atoms with E-state index in [9.17, 15) is 9.59 Å². The fraction of sp³-hybridized carbons (Fsp3) is 0.280. The summed E-state index contributed by atoms with van der Waals surface area (Å²) in [6.45, 7) is 5.25. The molecule has 0 bridgehead atoms. The topological polar surface area (TPSA) is 61.2 Å². The van der Waals surface area contributed by atoms with Crippen LogP contribution in [-0.4, -0.2) is 62.6 Å². The third kappa shape index (κ3) is 4.15. The lowest BCUT2D eigenvalue weighted by atomic mass is 10.1. The lowest BCUT2D eigenvalue weighted by Crippen LogP contribution is -2.45. The van der Waals surface area contributed by atoms with Crippen molar-refractivity contribution in [3.05, 3.63) is 81.1 Å². The maximum Gasteiger partial charge on any atom is 0.267 e. The minimum absolute atomic E-state index is 0.187. The molecule has 3 aromatic rings. The van der Waals surface area contributed by atoms with Crippen LogP contribution in [0.1, 0.15) is 24.1 Å². The van der Waals surface area contributed by atoms with Gasteiger partial charge in [0.1, 0.15) is 15.8 Å². The first kappa shape index (κ1) is 22.8. The summed E-state index contributed by atoms with van der Waals surface area (Å²) >= 11 is 6.82. The molecule has 1 amide bonds. The van der Waals surface area contributed by atoms with E-state index in [0.29, 0.717) is 26.3 Å². The highest BCUT2D eigenvalue weighted by Crippen LogP contribution is 2.38. The van der Waals surface area contributed by atoms with Crippen LogP contribution in [0.25, 0.3) is 11.7 Å². The first-order chi connectivity index (χ1) is 16.4. The van der Waals surface area contributed by atoms with Gasteiger partial charge in [0.25, 0.3) is 11.5 Å². The Balaban J connectivity index is 1.57. The van der Waals surface area contributed by atoms with Crippen LogP contribution >= 0.6 is 24.0 Å².